The quantitative estimate of drug-likeness (QED) is 0.643. The molecule has 9 heteroatoms. The van der Waals surface area contributed by atoms with Crippen molar-refractivity contribution < 1.29 is 14.0 Å². The Labute approximate surface area is 153 Å². The van der Waals surface area contributed by atoms with Crippen LogP contribution in [0.1, 0.15) is 6.92 Å². The van der Waals surface area contributed by atoms with E-state index in [0.717, 1.165) is 17.3 Å². The van der Waals surface area contributed by atoms with Gasteiger partial charge in [-0.1, -0.05) is 17.8 Å². The molecular weight excluding hydrogens is 354 g/mol. The van der Waals surface area contributed by atoms with E-state index in [2.05, 4.69) is 25.8 Å². The average molecular weight is 369 g/mol. The summed E-state index contributed by atoms with van der Waals surface area (Å²) in [7, 11) is 0. The molecular formula is C17H15N5O3S. The standard InChI is InChI=1S/C17H15N5O3S/c1-11(23)19-13-3-2-4-14(9-13)20-15(24)10-26-17-22-21-16(25-17)12-5-7-18-8-6-12/h2-9H,10H2,1H3,(H,19,23)(H,20,24). The molecule has 0 aliphatic rings. The van der Waals surface area contributed by atoms with Crippen LogP contribution in [0.5, 0.6) is 0 Å². The first kappa shape index (κ1) is 17.6. The number of thioether (sulfide) groups is 1. The summed E-state index contributed by atoms with van der Waals surface area (Å²) in [4.78, 5) is 27.1. The van der Waals surface area contributed by atoms with Crippen molar-refractivity contribution in [2.45, 2.75) is 12.1 Å². The highest BCUT2D eigenvalue weighted by Gasteiger charge is 2.11. The Hall–Kier alpha value is -3.20. The number of benzene rings is 1. The maximum Gasteiger partial charge on any atom is 0.277 e. The van der Waals surface area contributed by atoms with E-state index in [1.165, 1.54) is 6.92 Å². The molecule has 26 heavy (non-hydrogen) atoms. The highest BCUT2D eigenvalue weighted by atomic mass is 32.2. The van der Waals surface area contributed by atoms with Crippen LogP contribution in [-0.2, 0) is 9.59 Å². The fourth-order valence-corrected chi connectivity index (χ4v) is 2.64. The van der Waals surface area contributed by atoms with Crippen LogP contribution in [0.3, 0.4) is 0 Å². The zero-order valence-electron chi connectivity index (χ0n) is 13.8. The summed E-state index contributed by atoms with van der Waals surface area (Å²) in [6.07, 6.45) is 3.27. The molecule has 132 valence electrons. The molecule has 0 saturated carbocycles. The van der Waals surface area contributed by atoms with Gasteiger partial charge in [0.2, 0.25) is 17.7 Å². The van der Waals surface area contributed by atoms with Gasteiger partial charge in [0.25, 0.3) is 5.22 Å². The number of carbonyl (C=O) groups is 2. The van der Waals surface area contributed by atoms with Gasteiger partial charge in [-0.3, -0.25) is 14.6 Å². The van der Waals surface area contributed by atoms with Crippen LogP contribution in [0.2, 0.25) is 0 Å². The zero-order valence-corrected chi connectivity index (χ0v) is 14.6. The Morgan fingerprint density at radius 2 is 1.81 bits per heavy atom. The fraction of sp³-hybridized carbons (Fsp3) is 0.118. The van der Waals surface area contributed by atoms with Crippen molar-refractivity contribution in [3.8, 4) is 11.5 Å². The Balaban J connectivity index is 1.55. The van der Waals surface area contributed by atoms with Crippen LogP contribution >= 0.6 is 11.8 Å². The number of nitrogens with zero attached hydrogens (tertiary/aromatic N) is 3. The highest BCUT2D eigenvalue weighted by molar-refractivity contribution is 7.99. The minimum absolute atomic E-state index is 0.113. The Morgan fingerprint density at radius 3 is 2.54 bits per heavy atom. The van der Waals surface area contributed by atoms with Crippen LogP contribution in [0.15, 0.2) is 58.4 Å². The molecule has 8 nitrogen and oxygen atoms in total. The van der Waals surface area contributed by atoms with E-state index < -0.39 is 0 Å². The Kier molecular flexibility index (Phi) is 5.59. The number of aromatic nitrogens is 3. The van der Waals surface area contributed by atoms with Crippen molar-refractivity contribution in [2.75, 3.05) is 16.4 Å². The third-order valence-corrected chi connectivity index (χ3v) is 3.95. The largest absolute Gasteiger partial charge is 0.411 e. The van der Waals surface area contributed by atoms with Gasteiger partial charge in [0.1, 0.15) is 0 Å². The topological polar surface area (TPSA) is 110 Å². The lowest BCUT2D eigenvalue weighted by molar-refractivity contribution is -0.114. The van der Waals surface area contributed by atoms with Gasteiger partial charge >= 0.3 is 0 Å². The van der Waals surface area contributed by atoms with Crippen molar-refractivity contribution in [2.24, 2.45) is 0 Å². The number of pyridine rings is 1. The molecule has 0 atom stereocenters. The molecule has 2 amide bonds. The zero-order chi connectivity index (χ0) is 18.4. The summed E-state index contributed by atoms with van der Waals surface area (Å²) in [6, 6.07) is 10.4. The molecule has 0 spiro atoms. The molecule has 2 N–H and O–H groups in total. The molecule has 0 aliphatic carbocycles. The van der Waals surface area contributed by atoms with E-state index in [9.17, 15) is 9.59 Å². The molecule has 3 aromatic rings. The van der Waals surface area contributed by atoms with Crippen LogP contribution in [-0.4, -0.2) is 32.7 Å². The van der Waals surface area contributed by atoms with Crippen LogP contribution in [0.25, 0.3) is 11.5 Å². The number of nitrogens with one attached hydrogen (secondary N) is 2. The van der Waals surface area contributed by atoms with E-state index in [4.69, 9.17) is 4.42 Å². The predicted molar refractivity (Wildman–Crippen MR) is 97.6 cm³/mol. The predicted octanol–water partition coefficient (Wildman–Crippen LogP) is 2.82. The van der Waals surface area contributed by atoms with Gasteiger partial charge in [0.15, 0.2) is 0 Å². The normalized spacial score (nSPS) is 10.3. The van der Waals surface area contributed by atoms with E-state index in [1.807, 2.05) is 0 Å². The second kappa shape index (κ2) is 8.26. The summed E-state index contributed by atoms with van der Waals surface area (Å²) in [5.41, 5.74) is 1.96. The van der Waals surface area contributed by atoms with Gasteiger partial charge in [-0.05, 0) is 30.3 Å². The van der Waals surface area contributed by atoms with E-state index in [0.29, 0.717) is 22.5 Å². The molecule has 0 unspecified atom stereocenters. The van der Waals surface area contributed by atoms with Gasteiger partial charge in [-0.15, -0.1) is 10.2 Å². The number of carbonyl (C=O) groups excluding carboxylic acids is 2. The third kappa shape index (κ3) is 4.90. The maximum atomic E-state index is 12.1. The van der Waals surface area contributed by atoms with Gasteiger partial charge in [0.05, 0.1) is 5.75 Å². The van der Waals surface area contributed by atoms with Gasteiger partial charge in [-0.25, -0.2) is 0 Å². The smallest absolute Gasteiger partial charge is 0.277 e. The first-order valence-electron chi connectivity index (χ1n) is 7.64. The summed E-state index contributed by atoms with van der Waals surface area (Å²) in [5.74, 6) is 0.0879. The van der Waals surface area contributed by atoms with E-state index in [1.54, 1.807) is 48.8 Å². The van der Waals surface area contributed by atoms with Crippen molar-refractivity contribution in [1.29, 1.82) is 0 Å². The summed E-state index contributed by atoms with van der Waals surface area (Å²) >= 11 is 1.14. The Bertz CT molecular complexity index is 914. The molecule has 2 aromatic heterocycles. The number of amides is 2. The molecule has 0 aliphatic heterocycles. The maximum absolute atomic E-state index is 12.1. The molecule has 2 heterocycles. The highest BCUT2D eigenvalue weighted by Crippen LogP contribution is 2.23. The van der Waals surface area contributed by atoms with Gasteiger partial charge < -0.3 is 15.1 Å². The molecule has 0 saturated heterocycles. The van der Waals surface area contributed by atoms with Crippen molar-refractivity contribution in [3.05, 3.63) is 48.8 Å². The van der Waals surface area contributed by atoms with Crippen molar-refractivity contribution in [1.82, 2.24) is 15.2 Å². The van der Waals surface area contributed by atoms with Gasteiger partial charge in [-0.2, -0.15) is 0 Å². The molecule has 0 fully saturated rings. The summed E-state index contributed by atoms with van der Waals surface area (Å²) in [6.45, 7) is 1.42. The average Bonchev–Trinajstić information content (AvgIpc) is 3.09. The molecule has 0 bridgehead atoms. The molecule has 3 rings (SSSR count). The first-order valence-corrected chi connectivity index (χ1v) is 8.63. The first-order chi connectivity index (χ1) is 12.6. The third-order valence-electron chi connectivity index (χ3n) is 3.13. The van der Waals surface area contributed by atoms with Crippen LogP contribution in [0.4, 0.5) is 11.4 Å². The monoisotopic (exact) mass is 369 g/mol. The van der Waals surface area contributed by atoms with Gasteiger partial charge in [0, 0.05) is 36.3 Å². The minimum Gasteiger partial charge on any atom is -0.411 e. The lowest BCUT2D eigenvalue weighted by Gasteiger charge is -2.07. The number of anilines is 2. The summed E-state index contributed by atoms with van der Waals surface area (Å²) < 4.78 is 5.52. The number of hydrogen-bond donors (Lipinski definition) is 2. The molecule has 1 aromatic carbocycles. The van der Waals surface area contributed by atoms with Crippen molar-refractivity contribution in [3.63, 3.8) is 0 Å². The second-order valence-electron chi connectivity index (χ2n) is 5.21. The number of rotatable bonds is 6. The molecule has 0 radical (unpaired) electrons. The van der Waals surface area contributed by atoms with E-state index in [-0.39, 0.29) is 17.6 Å². The SMILES string of the molecule is CC(=O)Nc1cccc(NC(=O)CSc2nnc(-c3ccncc3)o2)c1. The lowest BCUT2D eigenvalue weighted by Crippen LogP contribution is -2.14. The minimum atomic E-state index is -0.223. The van der Waals surface area contributed by atoms with Crippen LogP contribution < -0.4 is 10.6 Å². The van der Waals surface area contributed by atoms with Crippen LogP contribution in [0, 0.1) is 0 Å². The van der Waals surface area contributed by atoms with Crippen molar-refractivity contribution >= 4 is 35.0 Å². The second-order valence-corrected chi connectivity index (χ2v) is 6.13. The Morgan fingerprint density at radius 1 is 1.08 bits per heavy atom. The fourth-order valence-electron chi connectivity index (χ4n) is 2.08. The van der Waals surface area contributed by atoms with E-state index >= 15 is 0 Å². The lowest BCUT2D eigenvalue weighted by atomic mass is 10.2. The summed E-state index contributed by atoms with van der Waals surface area (Å²) in [5, 5.41) is 13.6. The number of hydrogen-bond acceptors (Lipinski definition) is 7.